The highest BCUT2D eigenvalue weighted by Crippen LogP contribution is 2.33. The number of para-hydroxylation sites is 1. The fraction of sp³-hybridized carbons (Fsp3) is 0.360. The Morgan fingerprint density at radius 1 is 1.14 bits per heavy atom. The molecule has 1 aliphatic heterocycles. The van der Waals surface area contributed by atoms with Gasteiger partial charge in [-0.15, -0.1) is 0 Å². The summed E-state index contributed by atoms with van der Waals surface area (Å²) in [7, 11) is -0.102. The Kier molecular flexibility index (Phi) is 8.38. The topological polar surface area (TPSA) is 118 Å². The van der Waals surface area contributed by atoms with Gasteiger partial charge in [0.15, 0.2) is 5.82 Å². The Bertz CT molecular complexity index is 1350. The average Bonchev–Trinajstić information content (AvgIpc) is 3.26. The number of likely N-dealkylation sites (tertiary alicyclic amines) is 1. The second-order valence-electron chi connectivity index (χ2n) is 9.07. The maximum Gasteiger partial charge on any atom is 0.242 e. The van der Waals surface area contributed by atoms with Crippen LogP contribution in [0.5, 0.6) is 11.5 Å². The number of sulfonamides is 1. The Balaban J connectivity index is 1.55. The number of nitrogens with zero attached hydrogens (tertiary/aromatic N) is 3. The minimum atomic E-state index is -3.75. The minimum absolute atomic E-state index is 0.0820. The summed E-state index contributed by atoms with van der Waals surface area (Å²) in [6, 6.07) is 11.8. The number of halogens is 1. The molecule has 0 spiro atoms. The number of aromatic nitrogens is 2. The van der Waals surface area contributed by atoms with Gasteiger partial charge in [0.1, 0.15) is 27.5 Å². The Morgan fingerprint density at radius 3 is 2.62 bits per heavy atom. The third kappa shape index (κ3) is 6.80. The standard InChI is InChI=1S/C25H31ClN6O4S/c1-16(2)31-37(33,34)23-8-6-5-7-21(23)28-24-19(26)14-27-25(30-24)29-20-10-9-17(13-22(20)35-4)36-18-11-12-32(3)15-18/h5-10,13-14,16,18,31H,11-12,15H2,1-4H3,(H2,27,28,29,30)/t18-/m0/s1. The SMILES string of the molecule is COc1cc(O[C@H]2CCN(C)C2)ccc1Nc1ncc(Cl)c(Nc2ccccc2S(=O)(=O)NC(C)C)n1. The van der Waals surface area contributed by atoms with Crippen LogP contribution in [-0.2, 0) is 10.0 Å². The van der Waals surface area contributed by atoms with Crippen LogP contribution in [0.25, 0.3) is 0 Å². The maximum atomic E-state index is 12.8. The number of ether oxygens (including phenoxy) is 2. The molecule has 1 aliphatic rings. The van der Waals surface area contributed by atoms with Gasteiger partial charge >= 0.3 is 0 Å². The summed E-state index contributed by atoms with van der Waals surface area (Å²) in [6.45, 7) is 5.41. The summed E-state index contributed by atoms with van der Waals surface area (Å²) in [5.41, 5.74) is 0.967. The number of hydrogen-bond acceptors (Lipinski definition) is 9. The lowest BCUT2D eigenvalue weighted by Gasteiger charge is -2.17. The summed E-state index contributed by atoms with van der Waals surface area (Å²) in [6.07, 6.45) is 2.55. The number of benzene rings is 2. The molecule has 10 nitrogen and oxygen atoms in total. The molecule has 198 valence electrons. The Morgan fingerprint density at radius 2 is 1.92 bits per heavy atom. The van der Waals surface area contributed by atoms with Crippen LogP contribution < -0.4 is 24.8 Å². The molecule has 2 aromatic carbocycles. The van der Waals surface area contributed by atoms with Crippen molar-refractivity contribution in [2.24, 2.45) is 0 Å². The number of hydrogen-bond donors (Lipinski definition) is 3. The number of rotatable bonds is 10. The van der Waals surface area contributed by atoms with Crippen LogP contribution >= 0.6 is 11.6 Å². The number of anilines is 4. The lowest BCUT2D eigenvalue weighted by atomic mass is 10.2. The van der Waals surface area contributed by atoms with Crippen molar-refractivity contribution in [3.8, 4) is 11.5 Å². The van der Waals surface area contributed by atoms with E-state index in [9.17, 15) is 8.42 Å². The molecule has 0 bridgehead atoms. The summed E-state index contributed by atoms with van der Waals surface area (Å²) in [5.74, 6) is 1.77. The third-order valence-corrected chi connectivity index (χ3v) is 7.63. The maximum absolute atomic E-state index is 12.8. The molecule has 1 aromatic heterocycles. The van der Waals surface area contributed by atoms with Gasteiger partial charge in [-0.1, -0.05) is 23.7 Å². The molecular weight excluding hydrogens is 516 g/mol. The zero-order chi connectivity index (χ0) is 26.6. The summed E-state index contributed by atoms with van der Waals surface area (Å²) >= 11 is 6.35. The fourth-order valence-corrected chi connectivity index (χ4v) is 5.52. The van der Waals surface area contributed by atoms with Crippen molar-refractivity contribution in [3.63, 3.8) is 0 Å². The normalized spacial score (nSPS) is 16.1. The van der Waals surface area contributed by atoms with E-state index in [4.69, 9.17) is 21.1 Å². The van der Waals surface area contributed by atoms with E-state index in [1.54, 1.807) is 39.2 Å². The van der Waals surface area contributed by atoms with Crippen LogP contribution in [0.4, 0.5) is 23.1 Å². The van der Waals surface area contributed by atoms with Gasteiger partial charge in [0.2, 0.25) is 16.0 Å². The number of likely N-dealkylation sites (N-methyl/N-ethyl adjacent to an activating group) is 1. The first-order valence-corrected chi connectivity index (χ1v) is 13.7. The zero-order valence-electron chi connectivity index (χ0n) is 21.2. The van der Waals surface area contributed by atoms with E-state index in [-0.39, 0.29) is 33.8 Å². The van der Waals surface area contributed by atoms with Gasteiger partial charge in [-0.25, -0.2) is 18.1 Å². The van der Waals surface area contributed by atoms with Gasteiger partial charge in [-0.2, -0.15) is 4.98 Å². The quantitative estimate of drug-likeness (QED) is 0.340. The van der Waals surface area contributed by atoms with E-state index in [1.807, 2.05) is 18.2 Å². The van der Waals surface area contributed by atoms with Crippen molar-refractivity contribution in [1.82, 2.24) is 19.6 Å². The summed E-state index contributed by atoms with van der Waals surface area (Å²) < 4.78 is 39.9. The van der Waals surface area contributed by atoms with Gasteiger partial charge < -0.3 is 25.0 Å². The van der Waals surface area contributed by atoms with E-state index in [0.29, 0.717) is 17.1 Å². The van der Waals surface area contributed by atoms with Crippen LogP contribution in [0.15, 0.2) is 53.6 Å². The predicted molar refractivity (Wildman–Crippen MR) is 145 cm³/mol. The molecule has 1 atom stereocenters. The lowest BCUT2D eigenvalue weighted by molar-refractivity contribution is 0.207. The average molecular weight is 547 g/mol. The molecule has 0 aliphatic carbocycles. The van der Waals surface area contributed by atoms with Crippen LogP contribution in [0.2, 0.25) is 5.02 Å². The highest BCUT2D eigenvalue weighted by Gasteiger charge is 2.22. The molecule has 2 heterocycles. The summed E-state index contributed by atoms with van der Waals surface area (Å²) in [4.78, 5) is 11.0. The molecule has 1 saturated heterocycles. The molecule has 0 amide bonds. The van der Waals surface area contributed by atoms with Crippen LogP contribution in [0, 0.1) is 0 Å². The predicted octanol–water partition coefficient (Wildman–Crippen LogP) is 4.40. The number of methoxy groups -OCH3 is 1. The molecule has 3 N–H and O–H groups in total. The molecule has 0 saturated carbocycles. The van der Waals surface area contributed by atoms with Crippen molar-refractivity contribution < 1.29 is 17.9 Å². The minimum Gasteiger partial charge on any atom is -0.494 e. The molecule has 37 heavy (non-hydrogen) atoms. The van der Waals surface area contributed by atoms with Gasteiger partial charge in [0.25, 0.3) is 0 Å². The number of nitrogens with one attached hydrogen (secondary N) is 3. The molecule has 12 heteroatoms. The van der Waals surface area contributed by atoms with Crippen molar-refractivity contribution in [3.05, 3.63) is 53.7 Å². The van der Waals surface area contributed by atoms with E-state index in [1.165, 1.54) is 12.3 Å². The van der Waals surface area contributed by atoms with Crippen molar-refractivity contribution in [2.45, 2.75) is 37.3 Å². The van der Waals surface area contributed by atoms with E-state index in [0.717, 1.165) is 25.3 Å². The summed E-state index contributed by atoms with van der Waals surface area (Å²) in [5, 5.41) is 6.39. The van der Waals surface area contributed by atoms with E-state index < -0.39 is 10.0 Å². The highest BCUT2D eigenvalue weighted by atomic mass is 35.5. The van der Waals surface area contributed by atoms with Gasteiger partial charge in [0, 0.05) is 25.2 Å². The molecule has 0 unspecified atom stereocenters. The monoisotopic (exact) mass is 546 g/mol. The van der Waals surface area contributed by atoms with Gasteiger partial charge in [-0.05, 0) is 51.6 Å². The van der Waals surface area contributed by atoms with Crippen LogP contribution in [0.3, 0.4) is 0 Å². The second kappa shape index (κ2) is 11.5. The molecule has 1 fully saturated rings. The van der Waals surface area contributed by atoms with Crippen molar-refractivity contribution in [2.75, 3.05) is 37.9 Å². The van der Waals surface area contributed by atoms with E-state index >= 15 is 0 Å². The zero-order valence-corrected chi connectivity index (χ0v) is 22.7. The lowest BCUT2D eigenvalue weighted by Crippen LogP contribution is -2.30. The van der Waals surface area contributed by atoms with Crippen LogP contribution in [0.1, 0.15) is 20.3 Å². The first-order valence-electron chi connectivity index (χ1n) is 11.9. The van der Waals surface area contributed by atoms with Gasteiger partial charge in [0.05, 0.1) is 24.7 Å². The fourth-order valence-electron chi connectivity index (χ4n) is 3.97. The molecular formula is C25H31ClN6O4S. The smallest absolute Gasteiger partial charge is 0.242 e. The van der Waals surface area contributed by atoms with Crippen molar-refractivity contribution in [1.29, 1.82) is 0 Å². The Hall–Kier alpha value is -3.12. The Labute approximate surface area is 222 Å². The first kappa shape index (κ1) is 26.9. The molecule has 4 rings (SSSR count). The third-order valence-electron chi connectivity index (χ3n) is 5.63. The largest absolute Gasteiger partial charge is 0.494 e. The van der Waals surface area contributed by atoms with Crippen molar-refractivity contribution >= 4 is 44.8 Å². The molecule has 0 radical (unpaired) electrons. The second-order valence-corrected chi connectivity index (χ2v) is 11.2. The first-order chi connectivity index (χ1) is 17.6. The molecule has 3 aromatic rings. The highest BCUT2D eigenvalue weighted by molar-refractivity contribution is 7.89. The van der Waals surface area contributed by atoms with E-state index in [2.05, 4.69) is 37.3 Å². The van der Waals surface area contributed by atoms with Gasteiger partial charge in [-0.3, -0.25) is 0 Å². The van der Waals surface area contributed by atoms with Crippen LogP contribution in [-0.4, -0.2) is 62.7 Å².